The number of pyridine rings is 1. The fraction of sp³-hybridized carbons (Fsp3) is 0.364. The number of nitrogens with zero attached hydrogens (tertiary/aromatic N) is 4. The molecule has 0 saturated carbocycles. The normalized spacial score (nSPS) is 10.9. The van der Waals surface area contributed by atoms with Crippen molar-refractivity contribution in [2.75, 3.05) is 5.73 Å². The van der Waals surface area contributed by atoms with E-state index in [1.807, 2.05) is 27.0 Å². The summed E-state index contributed by atoms with van der Waals surface area (Å²) in [6, 6.07) is 3.62. The summed E-state index contributed by atoms with van der Waals surface area (Å²) in [6.07, 6.45) is 1.54. The summed E-state index contributed by atoms with van der Waals surface area (Å²) in [5.74, 6) is 0.456. The van der Waals surface area contributed by atoms with Gasteiger partial charge in [0.05, 0.1) is 11.8 Å². The van der Waals surface area contributed by atoms with Crippen LogP contribution in [-0.4, -0.2) is 25.9 Å². The third kappa shape index (κ3) is 2.92. The van der Waals surface area contributed by atoms with Crippen LogP contribution in [0.5, 0.6) is 5.88 Å². The monoisotopic (exact) mass is 265 g/mol. The molecule has 18 heavy (non-hydrogen) atoms. The SMILES string of the molecule is CC(C)Oc1nc(Sc2ncnn2C)ccc1N. The average molecular weight is 265 g/mol. The van der Waals surface area contributed by atoms with Crippen LogP contribution in [0.25, 0.3) is 0 Å². The van der Waals surface area contributed by atoms with Gasteiger partial charge in [-0.15, -0.1) is 0 Å². The lowest BCUT2D eigenvalue weighted by Crippen LogP contribution is -2.09. The zero-order chi connectivity index (χ0) is 13.1. The maximum absolute atomic E-state index is 5.81. The average Bonchev–Trinajstić information content (AvgIpc) is 2.69. The molecule has 2 aromatic rings. The number of ether oxygens (including phenoxy) is 1. The largest absolute Gasteiger partial charge is 0.473 e. The van der Waals surface area contributed by atoms with Gasteiger partial charge in [-0.05, 0) is 37.7 Å². The van der Waals surface area contributed by atoms with Gasteiger partial charge in [-0.25, -0.2) is 14.6 Å². The Hall–Kier alpha value is -1.76. The number of aryl methyl sites for hydroxylation is 1. The van der Waals surface area contributed by atoms with Crippen molar-refractivity contribution < 1.29 is 4.74 Å². The van der Waals surface area contributed by atoms with Crippen LogP contribution in [0.15, 0.2) is 28.6 Å². The Kier molecular flexibility index (Phi) is 3.71. The van der Waals surface area contributed by atoms with Crippen molar-refractivity contribution in [3.63, 3.8) is 0 Å². The molecule has 6 nitrogen and oxygen atoms in total. The molecule has 7 heteroatoms. The van der Waals surface area contributed by atoms with Crippen LogP contribution in [0.1, 0.15) is 13.8 Å². The van der Waals surface area contributed by atoms with E-state index in [-0.39, 0.29) is 6.10 Å². The molecule has 0 unspecified atom stereocenters. The van der Waals surface area contributed by atoms with E-state index in [9.17, 15) is 0 Å². The van der Waals surface area contributed by atoms with Crippen molar-refractivity contribution in [3.05, 3.63) is 18.5 Å². The zero-order valence-corrected chi connectivity index (χ0v) is 11.3. The molecule has 0 aliphatic carbocycles. The van der Waals surface area contributed by atoms with E-state index < -0.39 is 0 Å². The van der Waals surface area contributed by atoms with E-state index in [1.54, 1.807) is 10.7 Å². The Morgan fingerprint density at radius 3 is 2.78 bits per heavy atom. The second-order valence-corrected chi connectivity index (χ2v) is 4.97. The molecule has 0 aromatic carbocycles. The van der Waals surface area contributed by atoms with E-state index in [1.165, 1.54) is 18.1 Å². The Morgan fingerprint density at radius 2 is 2.17 bits per heavy atom. The van der Waals surface area contributed by atoms with Gasteiger partial charge in [-0.3, -0.25) is 0 Å². The molecule has 0 spiro atoms. The molecule has 2 rings (SSSR count). The number of anilines is 1. The van der Waals surface area contributed by atoms with Crippen LogP contribution < -0.4 is 10.5 Å². The van der Waals surface area contributed by atoms with Crippen molar-refractivity contribution in [2.24, 2.45) is 7.05 Å². The fourth-order valence-electron chi connectivity index (χ4n) is 1.28. The van der Waals surface area contributed by atoms with Gasteiger partial charge in [0.2, 0.25) is 5.88 Å². The predicted octanol–water partition coefficient (Wildman–Crippen LogP) is 1.73. The maximum Gasteiger partial charge on any atom is 0.238 e. The molecule has 0 radical (unpaired) electrons. The van der Waals surface area contributed by atoms with Crippen molar-refractivity contribution >= 4 is 17.4 Å². The molecule has 0 atom stereocenters. The topological polar surface area (TPSA) is 78.9 Å². The quantitative estimate of drug-likeness (QED) is 0.907. The number of aromatic nitrogens is 4. The molecule has 2 N–H and O–H groups in total. The standard InChI is InChI=1S/C11H15N5OS/c1-7(2)17-10-8(12)4-5-9(15-10)18-11-13-6-14-16(11)3/h4-7H,12H2,1-3H3. The second kappa shape index (κ2) is 5.26. The van der Waals surface area contributed by atoms with E-state index in [0.29, 0.717) is 11.6 Å². The highest BCUT2D eigenvalue weighted by atomic mass is 32.2. The van der Waals surface area contributed by atoms with Crippen molar-refractivity contribution in [2.45, 2.75) is 30.1 Å². The molecule has 0 aliphatic rings. The second-order valence-electron chi connectivity index (χ2n) is 3.98. The highest BCUT2D eigenvalue weighted by Crippen LogP contribution is 2.28. The van der Waals surface area contributed by atoms with Crippen LogP contribution in [-0.2, 0) is 7.05 Å². The minimum Gasteiger partial charge on any atom is -0.473 e. The Bertz CT molecular complexity index is 540. The molecule has 0 aliphatic heterocycles. The first-order chi connectivity index (χ1) is 8.56. The number of rotatable bonds is 4. The number of hydrogen-bond acceptors (Lipinski definition) is 6. The Balaban J connectivity index is 2.22. The first-order valence-electron chi connectivity index (χ1n) is 5.51. The van der Waals surface area contributed by atoms with Gasteiger partial charge in [0.25, 0.3) is 0 Å². The van der Waals surface area contributed by atoms with Gasteiger partial charge in [-0.2, -0.15) is 5.10 Å². The lowest BCUT2D eigenvalue weighted by molar-refractivity contribution is 0.232. The summed E-state index contributed by atoms with van der Waals surface area (Å²) in [5.41, 5.74) is 6.34. The highest BCUT2D eigenvalue weighted by molar-refractivity contribution is 7.99. The minimum atomic E-state index is 0.0369. The van der Waals surface area contributed by atoms with Crippen LogP contribution in [0.3, 0.4) is 0 Å². The van der Waals surface area contributed by atoms with Crippen molar-refractivity contribution in [1.82, 2.24) is 19.7 Å². The predicted molar refractivity (Wildman–Crippen MR) is 69.5 cm³/mol. The summed E-state index contributed by atoms with van der Waals surface area (Å²) in [5, 5.41) is 5.54. The van der Waals surface area contributed by atoms with Gasteiger partial charge in [0, 0.05) is 7.05 Å². The van der Waals surface area contributed by atoms with Gasteiger partial charge in [0.15, 0.2) is 5.16 Å². The smallest absolute Gasteiger partial charge is 0.238 e. The molecular weight excluding hydrogens is 250 g/mol. The van der Waals surface area contributed by atoms with E-state index in [0.717, 1.165) is 10.2 Å². The van der Waals surface area contributed by atoms with Crippen LogP contribution >= 0.6 is 11.8 Å². The van der Waals surface area contributed by atoms with Crippen molar-refractivity contribution in [3.8, 4) is 5.88 Å². The fourth-order valence-corrected chi connectivity index (χ4v) is 2.01. The third-order valence-corrected chi connectivity index (χ3v) is 3.07. The molecule has 0 amide bonds. The Labute approximate surface area is 110 Å². The lowest BCUT2D eigenvalue weighted by Gasteiger charge is -2.11. The molecule has 2 aromatic heterocycles. The molecule has 0 saturated heterocycles. The van der Waals surface area contributed by atoms with Crippen LogP contribution in [0.4, 0.5) is 5.69 Å². The first kappa shape index (κ1) is 12.7. The summed E-state index contributed by atoms with van der Waals surface area (Å²) in [4.78, 5) is 8.49. The summed E-state index contributed by atoms with van der Waals surface area (Å²) < 4.78 is 7.23. The first-order valence-corrected chi connectivity index (χ1v) is 6.33. The van der Waals surface area contributed by atoms with E-state index in [4.69, 9.17) is 10.5 Å². The zero-order valence-electron chi connectivity index (χ0n) is 10.5. The Morgan fingerprint density at radius 1 is 1.39 bits per heavy atom. The van der Waals surface area contributed by atoms with Gasteiger partial charge in [0.1, 0.15) is 11.4 Å². The maximum atomic E-state index is 5.81. The van der Waals surface area contributed by atoms with E-state index in [2.05, 4.69) is 15.1 Å². The van der Waals surface area contributed by atoms with Gasteiger partial charge in [-0.1, -0.05) is 0 Å². The number of nitrogen functional groups attached to an aromatic ring is 1. The summed E-state index contributed by atoms with van der Waals surface area (Å²) in [7, 11) is 1.83. The molecule has 2 heterocycles. The van der Waals surface area contributed by atoms with Gasteiger partial charge >= 0.3 is 0 Å². The third-order valence-electron chi connectivity index (χ3n) is 2.08. The molecule has 0 fully saturated rings. The molecule has 96 valence electrons. The highest BCUT2D eigenvalue weighted by Gasteiger charge is 2.09. The number of nitrogens with two attached hydrogens (primary N) is 1. The van der Waals surface area contributed by atoms with E-state index >= 15 is 0 Å². The summed E-state index contributed by atoms with van der Waals surface area (Å²) in [6.45, 7) is 3.87. The number of hydrogen-bond donors (Lipinski definition) is 1. The molecular formula is C11H15N5OS. The van der Waals surface area contributed by atoms with Crippen LogP contribution in [0.2, 0.25) is 0 Å². The summed E-state index contributed by atoms with van der Waals surface area (Å²) >= 11 is 1.41. The van der Waals surface area contributed by atoms with Crippen LogP contribution in [0, 0.1) is 0 Å². The van der Waals surface area contributed by atoms with Gasteiger partial charge < -0.3 is 10.5 Å². The lowest BCUT2D eigenvalue weighted by atomic mass is 10.4. The van der Waals surface area contributed by atoms with Crippen molar-refractivity contribution in [1.29, 1.82) is 0 Å². The molecule has 0 bridgehead atoms. The minimum absolute atomic E-state index is 0.0369.